The van der Waals surface area contributed by atoms with Crippen molar-refractivity contribution in [2.24, 2.45) is 11.8 Å². The molecule has 3 fully saturated rings. The van der Waals surface area contributed by atoms with E-state index < -0.39 is 0 Å². The highest BCUT2D eigenvalue weighted by molar-refractivity contribution is 5.81. The van der Waals surface area contributed by atoms with Crippen molar-refractivity contribution in [2.75, 3.05) is 13.2 Å². The minimum Gasteiger partial charge on any atom is -0.348 e. The lowest BCUT2D eigenvalue weighted by molar-refractivity contribution is -0.156. The van der Waals surface area contributed by atoms with E-state index in [2.05, 4.69) is 0 Å². The van der Waals surface area contributed by atoms with Gasteiger partial charge in [0.05, 0.1) is 13.2 Å². The lowest BCUT2D eigenvalue weighted by Crippen LogP contribution is -2.27. The largest absolute Gasteiger partial charge is 0.348 e. The zero-order valence-electron chi connectivity index (χ0n) is 9.62. The van der Waals surface area contributed by atoms with E-state index in [1.807, 2.05) is 13.8 Å². The standard InChI is InChI=1S/C10H14O3.C2H6/c11-9-3-7-5-10(6-8(7)4-9)12-1-2-13-10;1-2/h7-8H,1-6H2;1-2H3/t7-,8+;. The van der Waals surface area contributed by atoms with Gasteiger partial charge in [-0.2, -0.15) is 0 Å². The predicted molar refractivity (Wildman–Crippen MR) is 56.4 cm³/mol. The van der Waals surface area contributed by atoms with Crippen LogP contribution in [0, 0.1) is 11.8 Å². The molecule has 2 aliphatic carbocycles. The molecule has 1 saturated heterocycles. The van der Waals surface area contributed by atoms with Crippen molar-refractivity contribution in [3.05, 3.63) is 0 Å². The Morgan fingerprint density at radius 3 is 2.00 bits per heavy atom. The van der Waals surface area contributed by atoms with Gasteiger partial charge in [0.15, 0.2) is 5.79 Å². The molecule has 0 radical (unpaired) electrons. The van der Waals surface area contributed by atoms with Crippen LogP contribution in [-0.2, 0) is 14.3 Å². The molecule has 1 spiro atoms. The smallest absolute Gasteiger partial charge is 0.169 e. The molecule has 0 unspecified atom stereocenters. The zero-order valence-corrected chi connectivity index (χ0v) is 9.62. The maximum atomic E-state index is 11.2. The van der Waals surface area contributed by atoms with Crippen molar-refractivity contribution in [1.82, 2.24) is 0 Å². The van der Waals surface area contributed by atoms with Gasteiger partial charge in [-0.15, -0.1) is 0 Å². The maximum absolute atomic E-state index is 11.2. The van der Waals surface area contributed by atoms with E-state index in [0.29, 0.717) is 17.6 Å². The van der Waals surface area contributed by atoms with Crippen LogP contribution in [0.15, 0.2) is 0 Å². The predicted octanol–water partition coefficient (Wildman–Crippen LogP) is 2.14. The van der Waals surface area contributed by atoms with E-state index >= 15 is 0 Å². The van der Waals surface area contributed by atoms with E-state index in [9.17, 15) is 4.79 Å². The number of Topliss-reactive ketones (excluding diaryl/α,β-unsaturated/α-hetero) is 1. The summed E-state index contributed by atoms with van der Waals surface area (Å²) in [5, 5.41) is 0. The lowest BCUT2D eigenvalue weighted by Gasteiger charge is -2.22. The summed E-state index contributed by atoms with van der Waals surface area (Å²) in [5.74, 6) is 1.25. The molecular weight excluding hydrogens is 192 g/mol. The Labute approximate surface area is 91.1 Å². The van der Waals surface area contributed by atoms with E-state index in [-0.39, 0.29) is 5.79 Å². The fourth-order valence-electron chi connectivity index (χ4n) is 3.09. The van der Waals surface area contributed by atoms with Crippen molar-refractivity contribution >= 4 is 5.78 Å². The van der Waals surface area contributed by atoms with Gasteiger partial charge in [0.2, 0.25) is 0 Å². The Balaban J connectivity index is 0.000000404. The Morgan fingerprint density at radius 1 is 1.07 bits per heavy atom. The molecule has 1 aliphatic heterocycles. The Kier molecular flexibility index (Phi) is 3.12. The van der Waals surface area contributed by atoms with Crippen LogP contribution in [0.3, 0.4) is 0 Å². The first-order chi connectivity index (χ1) is 7.27. The van der Waals surface area contributed by atoms with Gasteiger partial charge in [-0.3, -0.25) is 4.79 Å². The van der Waals surface area contributed by atoms with Gasteiger partial charge in [-0.1, -0.05) is 13.8 Å². The monoisotopic (exact) mass is 212 g/mol. The Bertz CT molecular complexity index is 225. The third-order valence-corrected chi connectivity index (χ3v) is 3.61. The maximum Gasteiger partial charge on any atom is 0.169 e. The average Bonchev–Trinajstić information content (AvgIpc) is 2.86. The van der Waals surface area contributed by atoms with E-state index in [1.54, 1.807) is 0 Å². The highest BCUT2D eigenvalue weighted by atomic mass is 16.7. The Hall–Kier alpha value is -0.410. The second-order valence-electron chi connectivity index (χ2n) is 4.48. The molecule has 1 heterocycles. The van der Waals surface area contributed by atoms with Crippen LogP contribution in [0.5, 0.6) is 0 Å². The first kappa shape index (κ1) is 11.1. The summed E-state index contributed by atoms with van der Waals surface area (Å²) in [5.41, 5.74) is 0. The van der Waals surface area contributed by atoms with Gasteiger partial charge in [0.1, 0.15) is 5.78 Å². The van der Waals surface area contributed by atoms with Crippen LogP contribution < -0.4 is 0 Å². The van der Waals surface area contributed by atoms with Crippen molar-refractivity contribution in [2.45, 2.75) is 45.3 Å². The molecule has 0 bridgehead atoms. The van der Waals surface area contributed by atoms with Gasteiger partial charge < -0.3 is 9.47 Å². The van der Waals surface area contributed by atoms with Crippen LogP contribution in [0.25, 0.3) is 0 Å². The van der Waals surface area contributed by atoms with Gasteiger partial charge in [-0.05, 0) is 11.8 Å². The third kappa shape index (κ3) is 1.95. The summed E-state index contributed by atoms with van der Waals surface area (Å²) < 4.78 is 11.3. The SMILES string of the molecule is CC.O=C1C[C@@H]2CC3(C[C@@H]2C1)OCCO3. The number of fused-ring (bicyclic) bond motifs is 1. The minimum atomic E-state index is -0.282. The fraction of sp³-hybridized carbons (Fsp3) is 0.917. The minimum absolute atomic E-state index is 0.282. The highest BCUT2D eigenvalue weighted by Gasteiger charge is 2.52. The summed E-state index contributed by atoms with van der Waals surface area (Å²) in [6.45, 7) is 5.46. The van der Waals surface area contributed by atoms with Crippen molar-refractivity contribution < 1.29 is 14.3 Å². The number of carbonyl (C=O) groups is 1. The van der Waals surface area contributed by atoms with Gasteiger partial charge in [0.25, 0.3) is 0 Å². The van der Waals surface area contributed by atoms with Gasteiger partial charge in [-0.25, -0.2) is 0 Å². The quantitative estimate of drug-likeness (QED) is 0.617. The van der Waals surface area contributed by atoms with Crippen LogP contribution >= 0.6 is 0 Å². The zero-order chi connectivity index (χ0) is 10.9. The molecule has 3 heteroatoms. The molecule has 0 aromatic rings. The summed E-state index contributed by atoms with van der Waals surface area (Å²) in [6.07, 6.45) is 3.42. The first-order valence-electron chi connectivity index (χ1n) is 6.07. The lowest BCUT2D eigenvalue weighted by atomic mass is 10.0. The Morgan fingerprint density at radius 2 is 1.53 bits per heavy atom. The summed E-state index contributed by atoms with van der Waals surface area (Å²) in [4.78, 5) is 11.2. The molecule has 0 aromatic carbocycles. The van der Waals surface area contributed by atoms with E-state index in [0.717, 1.165) is 38.9 Å². The number of hydrogen-bond donors (Lipinski definition) is 0. The van der Waals surface area contributed by atoms with E-state index in [4.69, 9.17) is 9.47 Å². The molecule has 0 aromatic heterocycles. The molecule has 0 amide bonds. The molecule has 2 saturated carbocycles. The van der Waals surface area contributed by atoms with Crippen LogP contribution in [0.2, 0.25) is 0 Å². The molecule has 15 heavy (non-hydrogen) atoms. The van der Waals surface area contributed by atoms with Crippen LogP contribution in [0.1, 0.15) is 39.5 Å². The number of rotatable bonds is 0. The van der Waals surface area contributed by atoms with Crippen molar-refractivity contribution in [3.8, 4) is 0 Å². The summed E-state index contributed by atoms with van der Waals surface area (Å²) in [7, 11) is 0. The molecule has 86 valence electrons. The van der Waals surface area contributed by atoms with E-state index in [1.165, 1.54) is 0 Å². The third-order valence-electron chi connectivity index (χ3n) is 3.61. The summed E-state index contributed by atoms with van der Waals surface area (Å²) >= 11 is 0. The van der Waals surface area contributed by atoms with Gasteiger partial charge in [0, 0.05) is 25.7 Å². The van der Waals surface area contributed by atoms with Gasteiger partial charge >= 0.3 is 0 Å². The number of carbonyl (C=O) groups excluding carboxylic acids is 1. The van der Waals surface area contributed by atoms with Crippen LogP contribution in [0.4, 0.5) is 0 Å². The topological polar surface area (TPSA) is 35.5 Å². The molecule has 2 atom stereocenters. The molecular formula is C12H20O3. The molecule has 3 aliphatic rings. The normalized spacial score (nSPS) is 36.5. The fourth-order valence-corrected chi connectivity index (χ4v) is 3.09. The summed E-state index contributed by atoms with van der Waals surface area (Å²) in [6, 6.07) is 0. The van der Waals surface area contributed by atoms with Crippen molar-refractivity contribution in [1.29, 1.82) is 0 Å². The molecule has 3 nitrogen and oxygen atoms in total. The number of hydrogen-bond acceptors (Lipinski definition) is 3. The van der Waals surface area contributed by atoms with Crippen molar-refractivity contribution in [3.63, 3.8) is 0 Å². The second kappa shape index (κ2) is 4.22. The average molecular weight is 212 g/mol. The number of ether oxygens (including phenoxy) is 2. The van der Waals surface area contributed by atoms with Crippen LogP contribution in [-0.4, -0.2) is 24.8 Å². The number of ketones is 1. The second-order valence-corrected chi connectivity index (χ2v) is 4.48. The molecule has 3 rings (SSSR count). The first-order valence-corrected chi connectivity index (χ1v) is 6.07. The highest BCUT2D eigenvalue weighted by Crippen LogP contribution is 2.50. The molecule has 0 N–H and O–H groups in total.